The van der Waals surface area contributed by atoms with E-state index in [9.17, 15) is 5.11 Å². The number of rotatable bonds is 3. The molecule has 0 amide bonds. The third-order valence-electron chi connectivity index (χ3n) is 3.39. The van der Waals surface area contributed by atoms with Gasteiger partial charge >= 0.3 is 0 Å². The lowest BCUT2D eigenvalue weighted by Gasteiger charge is -2.14. The number of aliphatic hydroxyl groups excluding tert-OH is 1. The number of aliphatic hydroxyl groups is 1. The van der Waals surface area contributed by atoms with E-state index in [1.165, 1.54) is 6.20 Å². The summed E-state index contributed by atoms with van der Waals surface area (Å²) in [4.78, 5) is 4.10. The first-order chi connectivity index (χ1) is 10.0. The zero-order chi connectivity index (χ0) is 15.0. The Balaban J connectivity index is 1.90. The van der Waals surface area contributed by atoms with Gasteiger partial charge in [-0.15, -0.1) is 0 Å². The van der Waals surface area contributed by atoms with Crippen molar-refractivity contribution in [1.82, 2.24) is 4.98 Å². The minimum absolute atomic E-state index is 0.331. The molecule has 0 spiro atoms. The third-order valence-corrected chi connectivity index (χ3v) is 4.12. The number of ether oxygens (including phenoxy) is 1. The van der Waals surface area contributed by atoms with Crippen LogP contribution in [0.4, 0.5) is 0 Å². The standard InChI is InChI=1S/C15H12Cl3NO2/c16-10-3-8-1-2-21-15(8)9(4-10)5-13(20)14-12(18)6-11(17)7-19-14/h3-4,6-7,13,20H,1-2,5H2. The summed E-state index contributed by atoms with van der Waals surface area (Å²) in [6.45, 7) is 0.638. The Bertz CT molecular complexity index is 691. The molecule has 0 aliphatic carbocycles. The van der Waals surface area contributed by atoms with E-state index in [-0.39, 0.29) is 0 Å². The van der Waals surface area contributed by atoms with Gasteiger partial charge in [-0.1, -0.05) is 34.8 Å². The van der Waals surface area contributed by atoms with Gasteiger partial charge in [-0.05, 0) is 29.3 Å². The first kappa shape index (κ1) is 14.9. The van der Waals surface area contributed by atoms with E-state index in [0.717, 1.165) is 23.3 Å². The predicted octanol–water partition coefficient (Wildman–Crippen LogP) is 4.25. The molecule has 110 valence electrons. The molecule has 2 aromatic rings. The number of fused-ring (bicyclic) bond motifs is 1. The van der Waals surface area contributed by atoms with Gasteiger partial charge in [0.2, 0.25) is 0 Å². The second-order valence-electron chi connectivity index (χ2n) is 4.89. The lowest BCUT2D eigenvalue weighted by atomic mass is 10.0. The van der Waals surface area contributed by atoms with Crippen molar-refractivity contribution in [1.29, 1.82) is 0 Å². The van der Waals surface area contributed by atoms with Gasteiger partial charge in [0.25, 0.3) is 0 Å². The van der Waals surface area contributed by atoms with Crippen LogP contribution in [0.2, 0.25) is 15.1 Å². The van der Waals surface area contributed by atoms with Crippen molar-refractivity contribution >= 4 is 34.8 Å². The van der Waals surface area contributed by atoms with Crippen molar-refractivity contribution in [3.05, 3.63) is 56.3 Å². The summed E-state index contributed by atoms with van der Waals surface area (Å²) in [7, 11) is 0. The molecule has 1 unspecified atom stereocenters. The molecular formula is C15H12Cl3NO2. The van der Waals surface area contributed by atoms with Crippen LogP contribution < -0.4 is 4.74 Å². The summed E-state index contributed by atoms with van der Waals surface area (Å²) in [5, 5.41) is 11.8. The number of aromatic nitrogens is 1. The fraction of sp³-hybridized carbons (Fsp3) is 0.267. The number of hydrogen-bond donors (Lipinski definition) is 1. The molecule has 2 heterocycles. The molecule has 0 bridgehead atoms. The Hall–Kier alpha value is -1.000. The largest absolute Gasteiger partial charge is 0.493 e. The number of nitrogens with zero attached hydrogens (tertiary/aromatic N) is 1. The molecule has 6 heteroatoms. The Morgan fingerprint density at radius 3 is 2.76 bits per heavy atom. The predicted molar refractivity (Wildman–Crippen MR) is 83.6 cm³/mol. The molecule has 0 saturated carbocycles. The Labute approximate surface area is 137 Å². The molecule has 1 aliphatic rings. The zero-order valence-corrected chi connectivity index (χ0v) is 13.2. The van der Waals surface area contributed by atoms with Gasteiger partial charge in [0, 0.05) is 24.1 Å². The van der Waals surface area contributed by atoms with Crippen LogP contribution in [-0.4, -0.2) is 16.7 Å². The molecule has 21 heavy (non-hydrogen) atoms. The van der Waals surface area contributed by atoms with E-state index in [4.69, 9.17) is 39.5 Å². The van der Waals surface area contributed by atoms with Crippen LogP contribution in [0.5, 0.6) is 5.75 Å². The summed E-state index contributed by atoms with van der Waals surface area (Å²) >= 11 is 18.0. The fourth-order valence-electron chi connectivity index (χ4n) is 2.47. The van der Waals surface area contributed by atoms with Gasteiger partial charge in [-0.25, -0.2) is 0 Å². The molecule has 0 fully saturated rings. The molecule has 1 atom stereocenters. The van der Waals surface area contributed by atoms with Gasteiger partial charge in [-0.3, -0.25) is 4.98 Å². The number of hydrogen-bond acceptors (Lipinski definition) is 3. The molecule has 1 aromatic carbocycles. The number of halogens is 3. The lowest BCUT2D eigenvalue weighted by Crippen LogP contribution is -2.06. The van der Waals surface area contributed by atoms with Crippen molar-refractivity contribution in [2.45, 2.75) is 18.9 Å². The van der Waals surface area contributed by atoms with E-state index in [0.29, 0.717) is 33.8 Å². The molecule has 1 N–H and O–H groups in total. The quantitative estimate of drug-likeness (QED) is 0.905. The molecular weight excluding hydrogens is 333 g/mol. The molecule has 0 radical (unpaired) electrons. The van der Waals surface area contributed by atoms with Crippen LogP contribution in [0.1, 0.15) is 22.9 Å². The lowest BCUT2D eigenvalue weighted by molar-refractivity contribution is 0.172. The molecule has 0 saturated heterocycles. The second kappa shape index (κ2) is 6.01. The topological polar surface area (TPSA) is 42.4 Å². The summed E-state index contributed by atoms with van der Waals surface area (Å²) < 4.78 is 5.63. The summed E-state index contributed by atoms with van der Waals surface area (Å²) in [6, 6.07) is 5.26. The first-order valence-corrected chi connectivity index (χ1v) is 7.61. The Morgan fingerprint density at radius 1 is 1.19 bits per heavy atom. The Morgan fingerprint density at radius 2 is 2.00 bits per heavy atom. The van der Waals surface area contributed by atoms with E-state index in [1.54, 1.807) is 12.1 Å². The first-order valence-electron chi connectivity index (χ1n) is 6.47. The van der Waals surface area contributed by atoms with Crippen LogP contribution in [-0.2, 0) is 12.8 Å². The minimum Gasteiger partial charge on any atom is -0.493 e. The smallest absolute Gasteiger partial charge is 0.126 e. The molecule has 1 aromatic heterocycles. The third kappa shape index (κ3) is 3.11. The van der Waals surface area contributed by atoms with Crippen molar-refractivity contribution in [3.63, 3.8) is 0 Å². The van der Waals surface area contributed by atoms with Crippen LogP contribution in [0.15, 0.2) is 24.4 Å². The molecule has 3 nitrogen and oxygen atoms in total. The van der Waals surface area contributed by atoms with Gasteiger partial charge in [-0.2, -0.15) is 0 Å². The number of pyridine rings is 1. The average Bonchev–Trinajstić information content (AvgIpc) is 2.86. The average molecular weight is 345 g/mol. The maximum absolute atomic E-state index is 10.4. The highest BCUT2D eigenvalue weighted by atomic mass is 35.5. The summed E-state index contributed by atoms with van der Waals surface area (Å²) in [5.74, 6) is 0.809. The van der Waals surface area contributed by atoms with E-state index in [1.807, 2.05) is 6.07 Å². The SMILES string of the molecule is OC(Cc1cc(Cl)cc2c1OCC2)c1ncc(Cl)cc1Cl. The monoisotopic (exact) mass is 343 g/mol. The minimum atomic E-state index is -0.846. The maximum Gasteiger partial charge on any atom is 0.126 e. The molecule has 3 rings (SSSR count). The van der Waals surface area contributed by atoms with Gasteiger partial charge < -0.3 is 9.84 Å². The van der Waals surface area contributed by atoms with Crippen molar-refractivity contribution in [2.24, 2.45) is 0 Å². The highest BCUT2D eigenvalue weighted by Gasteiger charge is 2.22. The normalized spacial score (nSPS) is 14.7. The van der Waals surface area contributed by atoms with Gasteiger partial charge in [0.1, 0.15) is 11.9 Å². The fourth-order valence-corrected chi connectivity index (χ4v) is 3.24. The highest BCUT2D eigenvalue weighted by molar-refractivity contribution is 6.34. The zero-order valence-electron chi connectivity index (χ0n) is 10.9. The van der Waals surface area contributed by atoms with Crippen molar-refractivity contribution < 1.29 is 9.84 Å². The van der Waals surface area contributed by atoms with Gasteiger partial charge in [0.15, 0.2) is 0 Å². The van der Waals surface area contributed by atoms with Crippen LogP contribution >= 0.6 is 34.8 Å². The highest BCUT2D eigenvalue weighted by Crippen LogP contribution is 2.36. The van der Waals surface area contributed by atoms with Gasteiger partial charge in [0.05, 0.1) is 22.3 Å². The van der Waals surface area contributed by atoms with Crippen molar-refractivity contribution in [2.75, 3.05) is 6.61 Å². The van der Waals surface area contributed by atoms with Crippen LogP contribution in [0.25, 0.3) is 0 Å². The summed E-state index contributed by atoms with van der Waals surface area (Å²) in [6.07, 6.45) is 1.78. The Kier molecular flexibility index (Phi) is 4.27. The maximum atomic E-state index is 10.4. The van der Waals surface area contributed by atoms with Crippen LogP contribution in [0.3, 0.4) is 0 Å². The second-order valence-corrected chi connectivity index (χ2v) is 6.17. The summed E-state index contributed by atoms with van der Waals surface area (Å²) in [5.41, 5.74) is 2.32. The van der Waals surface area contributed by atoms with E-state index in [2.05, 4.69) is 4.98 Å². The van der Waals surface area contributed by atoms with Crippen LogP contribution in [0, 0.1) is 0 Å². The van der Waals surface area contributed by atoms with E-state index < -0.39 is 6.10 Å². The number of benzene rings is 1. The van der Waals surface area contributed by atoms with E-state index >= 15 is 0 Å². The van der Waals surface area contributed by atoms with Crippen molar-refractivity contribution in [3.8, 4) is 5.75 Å². The molecule has 1 aliphatic heterocycles.